The second-order valence-corrected chi connectivity index (χ2v) is 6.06. The Morgan fingerprint density at radius 1 is 1.42 bits per heavy atom. The molecule has 5 heteroatoms. The van der Waals surface area contributed by atoms with Gasteiger partial charge in [0.2, 0.25) is 5.89 Å². The maximum Gasteiger partial charge on any atom is 0.203 e. The zero-order valence-electron chi connectivity index (χ0n) is 10.8. The first-order valence-electron chi connectivity index (χ1n) is 6.61. The molecule has 3 rings (SSSR count). The molecule has 1 aliphatic rings. The molecule has 0 saturated carbocycles. The number of benzene rings is 1. The molecule has 19 heavy (non-hydrogen) atoms. The number of nitrogens with one attached hydrogen (secondary N) is 1. The number of nitrogens with zero attached hydrogens (tertiary/aromatic N) is 1. The van der Waals surface area contributed by atoms with E-state index in [4.69, 9.17) is 27.6 Å². The lowest BCUT2D eigenvalue weighted by molar-refractivity contribution is 0.331. The monoisotopic (exact) mass is 298 g/mol. The van der Waals surface area contributed by atoms with Crippen molar-refractivity contribution in [2.45, 2.75) is 31.6 Å². The van der Waals surface area contributed by atoms with Crippen LogP contribution in [0.5, 0.6) is 0 Å². The summed E-state index contributed by atoms with van der Waals surface area (Å²) in [6.07, 6.45) is 3.23. The van der Waals surface area contributed by atoms with Gasteiger partial charge in [0.25, 0.3) is 0 Å². The Bertz CT molecular complexity index is 603. The minimum Gasteiger partial charge on any atom is -0.438 e. The molecule has 2 heterocycles. The highest BCUT2D eigenvalue weighted by molar-refractivity contribution is 6.37. The molecule has 1 aromatic carbocycles. The van der Waals surface area contributed by atoms with Crippen molar-refractivity contribution in [3.63, 3.8) is 0 Å². The summed E-state index contributed by atoms with van der Waals surface area (Å²) < 4.78 is 5.95. The van der Waals surface area contributed by atoms with Gasteiger partial charge in [0.15, 0.2) is 5.58 Å². The van der Waals surface area contributed by atoms with Gasteiger partial charge in [0.05, 0.1) is 10.4 Å². The van der Waals surface area contributed by atoms with Crippen molar-refractivity contribution in [2.24, 2.45) is 0 Å². The van der Waals surface area contributed by atoms with E-state index < -0.39 is 0 Å². The van der Waals surface area contributed by atoms with Crippen LogP contribution in [0.4, 0.5) is 0 Å². The van der Waals surface area contributed by atoms with Crippen LogP contribution in [0.3, 0.4) is 0 Å². The second kappa shape index (κ2) is 4.97. The molecule has 1 N–H and O–H groups in total. The molecule has 0 spiro atoms. The molecule has 0 bridgehead atoms. The Morgan fingerprint density at radius 2 is 2.26 bits per heavy atom. The molecular weight excluding hydrogens is 283 g/mol. The molecular formula is C14H16Cl2N2O. The Morgan fingerprint density at radius 3 is 2.95 bits per heavy atom. The molecule has 2 aromatic rings. The Hall–Kier alpha value is -0.770. The van der Waals surface area contributed by atoms with E-state index in [1.54, 1.807) is 12.1 Å². The van der Waals surface area contributed by atoms with Crippen molar-refractivity contribution in [1.82, 2.24) is 10.3 Å². The van der Waals surface area contributed by atoms with E-state index in [0.29, 0.717) is 15.6 Å². The molecule has 102 valence electrons. The van der Waals surface area contributed by atoms with E-state index in [2.05, 4.69) is 17.2 Å². The van der Waals surface area contributed by atoms with Crippen LogP contribution >= 0.6 is 23.2 Å². The third-order valence-electron chi connectivity index (χ3n) is 3.84. The van der Waals surface area contributed by atoms with Crippen LogP contribution < -0.4 is 5.32 Å². The number of hydrogen-bond donors (Lipinski definition) is 1. The summed E-state index contributed by atoms with van der Waals surface area (Å²) >= 11 is 12.2. The van der Waals surface area contributed by atoms with Gasteiger partial charge in [0.1, 0.15) is 5.52 Å². The van der Waals surface area contributed by atoms with Gasteiger partial charge in [-0.15, -0.1) is 0 Å². The van der Waals surface area contributed by atoms with Crippen LogP contribution in [0.2, 0.25) is 10.0 Å². The molecule has 1 atom stereocenters. The molecule has 0 amide bonds. The fourth-order valence-electron chi connectivity index (χ4n) is 2.91. The van der Waals surface area contributed by atoms with Gasteiger partial charge in [-0.05, 0) is 31.5 Å². The highest BCUT2D eigenvalue weighted by atomic mass is 35.5. The molecule has 0 aliphatic carbocycles. The standard InChI is InChI=1S/C14H16Cl2N2O/c1-2-3-14(4-5-17-8-14)13-18-11-7-9(15)6-10(16)12(11)19-13/h6-7,17H,2-5,8H2,1H3. The number of oxazole rings is 1. The highest BCUT2D eigenvalue weighted by Crippen LogP contribution is 2.38. The van der Waals surface area contributed by atoms with E-state index in [1.165, 1.54) is 0 Å². The van der Waals surface area contributed by atoms with E-state index in [1.807, 2.05) is 0 Å². The Balaban J connectivity index is 2.11. The molecule has 1 aromatic heterocycles. The fraction of sp³-hybridized carbons (Fsp3) is 0.500. The SMILES string of the molecule is CCCC1(c2nc3cc(Cl)cc(Cl)c3o2)CCNC1. The van der Waals surface area contributed by atoms with Gasteiger partial charge >= 0.3 is 0 Å². The first kappa shape index (κ1) is 13.2. The van der Waals surface area contributed by atoms with Gasteiger partial charge in [-0.1, -0.05) is 36.5 Å². The summed E-state index contributed by atoms with van der Waals surface area (Å²) in [6, 6.07) is 3.50. The summed E-state index contributed by atoms with van der Waals surface area (Å²) in [7, 11) is 0. The zero-order valence-corrected chi connectivity index (χ0v) is 12.3. The summed E-state index contributed by atoms with van der Waals surface area (Å²) in [5.41, 5.74) is 1.39. The summed E-state index contributed by atoms with van der Waals surface area (Å²) in [6.45, 7) is 4.11. The fourth-order valence-corrected chi connectivity index (χ4v) is 3.43. The van der Waals surface area contributed by atoms with Crippen molar-refractivity contribution in [2.75, 3.05) is 13.1 Å². The number of halogens is 2. The summed E-state index contributed by atoms with van der Waals surface area (Å²) in [5, 5.41) is 4.52. The zero-order chi connectivity index (χ0) is 13.5. The van der Waals surface area contributed by atoms with Crippen molar-refractivity contribution >= 4 is 34.3 Å². The van der Waals surface area contributed by atoms with Crippen molar-refractivity contribution in [3.05, 3.63) is 28.1 Å². The van der Waals surface area contributed by atoms with E-state index >= 15 is 0 Å². The molecule has 1 saturated heterocycles. The van der Waals surface area contributed by atoms with Crippen molar-refractivity contribution in [3.8, 4) is 0 Å². The normalized spacial score (nSPS) is 23.3. The van der Waals surface area contributed by atoms with Gasteiger partial charge in [-0.2, -0.15) is 0 Å². The van der Waals surface area contributed by atoms with Crippen LogP contribution in [-0.4, -0.2) is 18.1 Å². The van der Waals surface area contributed by atoms with E-state index in [9.17, 15) is 0 Å². The maximum absolute atomic E-state index is 6.17. The lowest BCUT2D eigenvalue weighted by Gasteiger charge is -2.23. The van der Waals surface area contributed by atoms with Gasteiger partial charge < -0.3 is 9.73 Å². The molecule has 0 radical (unpaired) electrons. The van der Waals surface area contributed by atoms with Gasteiger partial charge in [-0.25, -0.2) is 4.98 Å². The van der Waals surface area contributed by atoms with Crippen molar-refractivity contribution < 1.29 is 4.42 Å². The third-order valence-corrected chi connectivity index (χ3v) is 4.33. The van der Waals surface area contributed by atoms with Gasteiger partial charge in [0, 0.05) is 11.6 Å². The first-order chi connectivity index (χ1) is 9.14. The van der Waals surface area contributed by atoms with Crippen LogP contribution in [0.25, 0.3) is 11.1 Å². The summed E-state index contributed by atoms with van der Waals surface area (Å²) in [4.78, 5) is 4.63. The quantitative estimate of drug-likeness (QED) is 0.924. The number of rotatable bonds is 3. The highest BCUT2D eigenvalue weighted by Gasteiger charge is 2.39. The van der Waals surface area contributed by atoms with E-state index in [0.717, 1.165) is 43.8 Å². The van der Waals surface area contributed by atoms with Crippen LogP contribution in [-0.2, 0) is 5.41 Å². The van der Waals surface area contributed by atoms with Crippen LogP contribution in [0.1, 0.15) is 32.1 Å². The lowest BCUT2D eigenvalue weighted by atomic mass is 9.82. The van der Waals surface area contributed by atoms with Crippen molar-refractivity contribution in [1.29, 1.82) is 0 Å². The second-order valence-electron chi connectivity index (χ2n) is 5.21. The number of aromatic nitrogens is 1. The average Bonchev–Trinajstić information content (AvgIpc) is 2.96. The number of hydrogen-bond acceptors (Lipinski definition) is 3. The topological polar surface area (TPSA) is 38.1 Å². The Labute approximate surface area is 122 Å². The minimum absolute atomic E-state index is 0.00355. The van der Waals surface area contributed by atoms with E-state index in [-0.39, 0.29) is 5.41 Å². The molecule has 3 nitrogen and oxygen atoms in total. The predicted molar refractivity (Wildman–Crippen MR) is 78.1 cm³/mol. The Kier molecular flexibility index (Phi) is 3.46. The first-order valence-corrected chi connectivity index (χ1v) is 7.37. The predicted octanol–water partition coefficient (Wildman–Crippen LogP) is 4.17. The average molecular weight is 299 g/mol. The van der Waals surface area contributed by atoms with Crippen LogP contribution in [0.15, 0.2) is 16.5 Å². The largest absolute Gasteiger partial charge is 0.438 e. The lowest BCUT2D eigenvalue weighted by Crippen LogP contribution is -2.29. The minimum atomic E-state index is 0.00355. The molecule has 1 aliphatic heterocycles. The molecule has 1 fully saturated rings. The maximum atomic E-state index is 6.17. The van der Waals surface area contributed by atoms with Crippen LogP contribution in [0, 0.1) is 0 Å². The van der Waals surface area contributed by atoms with Gasteiger partial charge in [-0.3, -0.25) is 0 Å². The molecule has 1 unspecified atom stereocenters. The number of fused-ring (bicyclic) bond motifs is 1. The smallest absolute Gasteiger partial charge is 0.203 e. The summed E-state index contributed by atoms with van der Waals surface area (Å²) in [5.74, 6) is 0.790. The third kappa shape index (κ3) is 2.24.